The van der Waals surface area contributed by atoms with Gasteiger partial charge >= 0.3 is 0 Å². The van der Waals surface area contributed by atoms with E-state index in [0.29, 0.717) is 23.5 Å². The van der Waals surface area contributed by atoms with E-state index < -0.39 is 0 Å². The van der Waals surface area contributed by atoms with Crippen molar-refractivity contribution >= 4 is 11.6 Å². The fraction of sp³-hybridized carbons (Fsp3) is 0.533. The molecule has 3 N–H and O–H groups in total. The van der Waals surface area contributed by atoms with Crippen LogP contribution in [-0.4, -0.2) is 43.6 Å². The minimum atomic E-state index is -0.106. The van der Waals surface area contributed by atoms with E-state index in [0.717, 1.165) is 25.9 Å². The van der Waals surface area contributed by atoms with Gasteiger partial charge in [0.2, 0.25) is 0 Å². The lowest BCUT2D eigenvalue weighted by molar-refractivity contribution is 0.0955. The average molecular weight is 277 g/mol. The van der Waals surface area contributed by atoms with E-state index in [1.807, 2.05) is 6.92 Å². The number of hydrogen-bond donors (Lipinski definition) is 2. The Morgan fingerprint density at radius 3 is 2.75 bits per heavy atom. The molecular weight excluding hydrogens is 254 g/mol. The minimum Gasteiger partial charge on any atom is -0.488 e. The van der Waals surface area contributed by atoms with Gasteiger partial charge in [-0.05, 0) is 45.0 Å². The van der Waals surface area contributed by atoms with Gasteiger partial charge in [-0.1, -0.05) is 0 Å². The molecule has 1 aromatic rings. The summed E-state index contributed by atoms with van der Waals surface area (Å²) in [5.41, 5.74) is 7.07. The molecule has 0 bridgehead atoms. The monoisotopic (exact) mass is 277 g/mol. The number of amides is 1. The first kappa shape index (κ1) is 14.7. The zero-order valence-corrected chi connectivity index (χ0v) is 12.2. The van der Waals surface area contributed by atoms with Crippen molar-refractivity contribution in [3.63, 3.8) is 0 Å². The minimum absolute atomic E-state index is 0.106. The molecule has 5 nitrogen and oxygen atoms in total. The fourth-order valence-electron chi connectivity index (χ4n) is 2.34. The van der Waals surface area contributed by atoms with Gasteiger partial charge < -0.3 is 20.7 Å². The van der Waals surface area contributed by atoms with Gasteiger partial charge in [0.25, 0.3) is 5.91 Å². The molecule has 2 rings (SSSR count). The number of anilines is 1. The second-order valence-corrected chi connectivity index (χ2v) is 5.23. The van der Waals surface area contributed by atoms with Gasteiger partial charge in [0, 0.05) is 25.2 Å². The second-order valence-electron chi connectivity index (χ2n) is 5.23. The molecule has 5 heteroatoms. The third kappa shape index (κ3) is 3.63. The Kier molecular flexibility index (Phi) is 4.84. The van der Waals surface area contributed by atoms with Gasteiger partial charge in [0.15, 0.2) is 0 Å². The molecule has 20 heavy (non-hydrogen) atoms. The molecule has 0 aliphatic carbocycles. The zero-order valence-electron chi connectivity index (χ0n) is 12.2. The van der Waals surface area contributed by atoms with Crippen LogP contribution in [-0.2, 0) is 0 Å². The Hall–Kier alpha value is -1.75. The van der Waals surface area contributed by atoms with Crippen molar-refractivity contribution in [2.75, 3.05) is 32.4 Å². The first-order chi connectivity index (χ1) is 9.60. The van der Waals surface area contributed by atoms with Gasteiger partial charge in [-0.15, -0.1) is 0 Å². The maximum absolute atomic E-state index is 11.7. The van der Waals surface area contributed by atoms with Crippen LogP contribution >= 0.6 is 0 Å². The molecule has 0 atom stereocenters. The molecule has 1 saturated heterocycles. The topological polar surface area (TPSA) is 67.6 Å². The molecule has 0 radical (unpaired) electrons. The number of ether oxygens (including phenoxy) is 1. The van der Waals surface area contributed by atoms with E-state index >= 15 is 0 Å². The summed E-state index contributed by atoms with van der Waals surface area (Å²) in [4.78, 5) is 14.0. The highest BCUT2D eigenvalue weighted by molar-refractivity contribution is 5.95. The van der Waals surface area contributed by atoms with Crippen LogP contribution in [0.25, 0.3) is 0 Å². The van der Waals surface area contributed by atoms with Crippen molar-refractivity contribution in [1.29, 1.82) is 0 Å². The molecule has 1 fully saturated rings. The van der Waals surface area contributed by atoms with Crippen LogP contribution in [0.5, 0.6) is 5.75 Å². The maximum Gasteiger partial charge on any atom is 0.251 e. The number of nitrogen functional groups attached to an aromatic ring is 1. The maximum atomic E-state index is 11.7. The van der Waals surface area contributed by atoms with Crippen molar-refractivity contribution < 1.29 is 9.53 Å². The van der Waals surface area contributed by atoms with E-state index in [1.54, 1.807) is 18.2 Å². The number of nitrogens with one attached hydrogen (secondary N) is 1. The Balaban J connectivity index is 2.00. The van der Waals surface area contributed by atoms with Crippen LogP contribution in [0, 0.1) is 0 Å². The first-order valence-electron chi connectivity index (χ1n) is 7.13. The molecule has 1 aliphatic rings. The van der Waals surface area contributed by atoms with Crippen molar-refractivity contribution in [3.05, 3.63) is 23.8 Å². The summed E-state index contributed by atoms with van der Waals surface area (Å²) in [5.74, 6) is 0.567. The molecule has 0 unspecified atom stereocenters. The number of carbonyl (C=O) groups is 1. The molecule has 1 heterocycles. The summed E-state index contributed by atoms with van der Waals surface area (Å²) in [6.07, 6.45) is 2.23. The normalized spacial score (nSPS) is 16.9. The standard InChI is InChI=1S/C15H23N3O2/c1-3-17-15(19)11-4-5-14(13(16)10-11)20-12-6-8-18(2)9-7-12/h4-5,10,12H,3,6-9,16H2,1-2H3,(H,17,19). The van der Waals surface area contributed by atoms with Crippen molar-refractivity contribution in [2.24, 2.45) is 0 Å². The molecule has 110 valence electrons. The Morgan fingerprint density at radius 2 is 2.15 bits per heavy atom. The Morgan fingerprint density at radius 1 is 1.45 bits per heavy atom. The van der Waals surface area contributed by atoms with Crippen LogP contribution in [0.1, 0.15) is 30.1 Å². The number of benzene rings is 1. The van der Waals surface area contributed by atoms with E-state index in [1.165, 1.54) is 0 Å². The summed E-state index contributed by atoms with van der Waals surface area (Å²) in [7, 11) is 2.12. The number of nitrogens with two attached hydrogens (primary N) is 1. The molecular formula is C15H23N3O2. The van der Waals surface area contributed by atoms with Crippen LogP contribution < -0.4 is 15.8 Å². The predicted octanol–water partition coefficient (Wildman–Crippen LogP) is 1.49. The SMILES string of the molecule is CCNC(=O)c1ccc(OC2CCN(C)CC2)c(N)c1. The zero-order chi connectivity index (χ0) is 14.5. The highest BCUT2D eigenvalue weighted by atomic mass is 16.5. The van der Waals surface area contributed by atoms with Crippen LogP contribution in [0.2, 0.25) is 0 Å². The number of nitrogens with zero attached hydrogens (tertiary/aromatic N) is 1. The van der Waals surface area contributed by atoms with Gasteiger partial charge in [-0.2, -0.15) is 0 Å². The highest BCUT2D eigenvalue weighted by Crippen LogP contribution is 2.26. The molecule has 1 aromatic carbocycles. The Labute approximate surface area is 120 Å². The lowest BCUT2D eigenvalue weighted by Gasteiger charge is -2.29. The quantitative estimate of drug-likeness (QED) is 0.818. The van der Waals surface area contributed by atoms with Crippen molar-refractivity contribution in [2.45, 2.75) is 25.9 Å². The van der Waals surface area contributed by atoms with Crippen molar-refractivity contribution in [3.8, 4) is 5.75 Å². The molecule has 1 aliphatic heterocycles. The summed E-state index contributed by atoms with van der Waals surface area (Å²) in [6.45, 7) is 4.58. The predicted molar refractivity (Wildman–Crippen MR) is 80.0 cm³/mol. The lowest BCUT2D eigenvalue weighted by Crippen LogP contribution is -2.35. The van der Waals surface area contributed by atoms with Gasteiger partial charge in [-0.3, -0.25) is 4.79 Å². The number of rotatable bonds is 4. The smallest absolute Gasteiger partial charge is 0.251 e. The number of likely N-dealkylation sites (tertiary alicyclic amines) is 1. The molecule has 0 spiro atoms. The number of carbonyl (C=O) groups excluding carboxylic acids is 1. The van der Waals surface area contributed by atoms with E-state index in [-0.39, 0.29) is 12.0 Å². The molecule has 0 saturated carbocycles. The molecule has 0 aromatic heterocycles. The third-order valence-electron chi connectivity index (χ3n) is 3.57. The van der Waals surface area contributed by atoms with Crippen LogP contribution in [0.4, 0.5) is 5.69 Å². The van der Waals surface area contributed by atoms with E-state index in [9.17, 15) is 4.79 Å². The molecule has 1 amide bonds. The fourth-order valence-corrected chi connectivity index (χ4v) is 2.34. The third-order valence-corrected chi connectivity index (χ3v) is 3.57. The van der Waals surface area contributed by atoms with Gasteiger partial charge in [0.1, 0.15) is 11.9 Å². The van der Waals surface area contributed by atoms with Gasteiger partial charge in [0.05, 0.1) is 5.69 Å². The second kappa shape index (κ2) is 6.61. The lowest BCUT2D eigenvalue weighted by atomic mass is 10.1. The summed E-state index contributed by atoms with van der Waals surface area (Å²) in [6, 6.07) is 5.22. The Bertz CT molecular complexity index is 468. The van der Waals surface area contributed by atoms with Gasteiger partial charge in [-0.25, -0.2) is 0 Å². The van der Waals surface area contributed by atoms with E-state index in [2.05, 4.69) is 17.3 Å². The number of hydrogen-bond acceptors (Lipinski definition) is 4. The number of piperidine rings is 1. The van der Waals surface area contributed by atoms with Crippen LogP contribution in [0.3, 0.4) is 0 Å². The van der Waals surface area contributed by atoms with Crippen molar-refractivity contribution in [1.82, 2.24) is 10.2 Å². The summed E-state index contributed by atoms with van der Waals surface area (Å²) in [5, 5.41) is 2.75. The van der Waals surface area contributed by atoms with E-state index in [4.69, 9.17) is 10.5 Å². The largest absolute Gasteiger partial charge is 0.488 e. The first-order valence-corrected chi connectivity index (χ1v) is 7.13. The average Bonchev–Trinajstić information content (AvgIpc) is 2.43. The highest BCUT2D eigenvalue weighted by Gasteiger charge is 2.19. The summed E-state index contributed by atoms with van der Waals surface area (Å²) < 4.78 is 5.95. The summed E-state index contributed by atoms with van der Waals surface area (Å²) >= 11 is 0. The van der Waals surface area contributed by atoms with Crippen LogP contribution in [0.15, 0.2) is 18.2 Å².